The van der Waals surface area contributed by atoms with E-state index in [9.17, 15) is 14.4 Å². The Morgan fingerprint density at radius 1 is 1.09 bits per heavy atom. The molecule has 1 aliphatic heterocycles. The van der Waals surface area contributed by atoms with Crippen LogP contribution in [0.1, 0.15) is 49.5 Å². The van der Waals surface area contributed by atoms with Crippen molar-refractivity contribution >= 4 is 29.3 Å². The van der Waals surface area contributed by atoms with Crippen molar-refractivity contribution in [1.82, 2.24) is 5.32 Å². The number of methoxy groups -OCH3 is 1. The maximum absolute atomic E-state index is 12.6. The van der Waals surface area contributed by atoms with Crippen LogP contribution in [0.25, 0.3) is 0 Å². The predicted molar refractivity (Wildman–Crippen MR) is 122 cm³/mol. The fourth-order valence-corrected chi connectivity index (χ4v) is 3.35. The molecule has 8 heteroatoms. The van der Waals surface area contributed by atoms with Crippen LogP contribution in [0.5, 0.6) is 5.75 Å². The molecule has 0 aliphatic carbocycles. The van der Waals surface area contributed by atoms with Crippen LogP contribution in [-0.4, -0.2) is 37.2 Å². The predicted octanol–water partition coefficient (Wildman–Crippen LogP) is 4.10. The van der Waals surface area contributed by atoms with E-state index in [4.69, 9.17) is 9.47 Å². The number of alkyl carbamates (subject to hydrolysis) is 1. The minimum absolute atomic E-state index is 0.0707. The van der Waals surface area contributed by atoms with Gasteiger partial charge in [0.25, 0.3) is 5.91 Å². The molecule has 0 aromatic heterocycles. The number of carbonyl (C=O) groups is 3. The van der Waals surface area contributed by atoms with Crippen molar-refractivity contribution < 1.29 is 23.9 Å². The largest absolute Gasteiger partial charge is 0.494 e. The minimum Gasteiger partial charge on any atom is -0.494 e. The zero-order valence-electron chi connectivity index (χ0n) is 18.9. The van der Waals surface area contributed by atoms with Crippen molar-refractivity contribution in [2.45, 2.75) is 45.8 Å². The fourth-order valence-electron chi connectivity index (χ4n) is 3.35. The molecule has 0 spiro atoms. The van der Waals surface area contributed by atoms with Gasteiger partial charge < -0.3 is 25.0 Å². The summed E-state index contributed by atoms with van der Waals surface area (Å²) in [5, 5.41) is 5.53. The average Bonchev–Trinajstić information content (AvgIpc) is 3.17. The van der Waals surface area contributed by atoms with E-state index in [1.165, 1.54) is 7.11 Å². The SMILES string of the molecule is COc1cc(NC(=O)c2ccc(CNC(=O)OC(C)(C)C)cc2)ccc1N1CCCC1=O. The van der Waals surface area contributed by atoms with Crippen LogP contribution >= 0.6 is 0 Å². The molecule has 1 aliphatic rings. The summed E-state index contributed by atoms with van der Waals surface area (Å²) in [5.74, 6) is 0.326. The highest BCUT2D eigenvalue weighted by Gasteiger charge is 2.24. The van der Waals surface area contributed by atoms with E-state index in [1.807, 2.05) is 0 Å². The molecule has 8 nitrogen and oxygen atoms in total. The second-order valence-electron chi connectivity index (χ2n) is 8.54. The van der Waals surface area contributed by atoms with Gasteiger partial charge in [-0.2, -0.15) is 0 Å². The molecule has 2 aromatic carbocycles. The van der Waals surface area contributed by atoms with Gasteiger partial charge in [0.05, 0.1) is 12.8 Å². The van der Waals surface area contributed by atoms with E-state index in [1.54, 1.807) is 68.1 Å². The van der Waals surface area contributed by atoms with E-state index in [2.05, 4.69) is 10.6 Å². The Kier molecular flexibility index (Phi) is 7.02. The van der Waals surface area contributed by atoms with Crippen LogP contribution in [0.3, 0.4) is 0 Å². The van der Waals surface area contributed by atoms with Gasteiger partial charge in [-0.15, -0.1) is 0 Å². The third kappa shape index (κ3) is 6.00. The zero-order chi connectivity index (χ0) is 23.3. The van der Waals surface area contributed by atoms with Crippen LogP contribution in [0.15, 0.2) is 42.5 Å². The van der Waals surface area contributed by atoms with Gasteiger partial charge in [-0.25, -0.2) is 4.79 Å². The molecule has 32 heavy (non-hydrogen) atoms. The lowest BCUT2D eigenvalue weighted by molar-refractivity contribution is -0.117. The van der Waals surface area contributed by atoms with E-state index >= 15 is 0 Å². The lowest BCUT2D eigenvalue weighted by atomic mass is 10.1. The van der Waals surface area contributed by atoms with Crippen LogP contribution in [0.2, 0.25) is 0 Å². The lowest BCUT2D eigenvalue weighted by Gasteiger charge is -2.20. The highest BCUT2D eigenvalue weighted by atomic mass is 16.6. The first kappa shape index (κ1) is 23.1. The molecule has 2 aromatic rings. The summed E-state index contributed by atoms with van der Waals surface area (Å²) in [5.41, 5.74) is 2.03. The Bertz CT molecular complexity index is 996. The summed E-state index contributed by atoms with van der Waals surface area (Å²) >= 11 is 0. The third-order valence-corrected chi connectivity index (χ3v) is 4.85. The van der Waals surface area contributed by atoms with Crippen molar-refractivity contribution in [2.75, 3.05) is 23.9 Å². The van der Waals surface area contributed by atoms with Gasteiger partial charge in [0.2, 0.25) is 5.91 Å². The van der Waals surface area contributed by atoms with Crippen molar-refractivity contribution in [2.24, 2.45) is 0 Å². The number of hydrogen-bond acceptors (Lipinski definition) is 5. The quantitative estimate of drug-likeness (QED) is 0.706. The molecule has 0 radical (unpaired) electrons. The summed E-state index contributed by atoms with van der Waals surface area (Å²) in [6.45, 7) is 6.36. The summed E-state index contributed by atoms with van der Waals surface area (Å²) in [6, 6.07) is 12.2. The van der Waals surface area contributed by atoms with Gasteiger partial charge in [-0.3, -0.25) is 9.59 Å². The number of carbonyl (C=O) groups excluding carboxylic acids is 3. The molecule has 2 N–H and O–H groups in total. The number of nitrogens with one attached hydrogen (secondary N) is 2. The number of anilines is 2. The summed E-state index contributed by atoms with van der Waals surface area (Å²) in [7, 11) is 1.54. The van der Waals surface area contributed by atoms with E-state index < -0.39 is 11.7 Å². The number of amides is 3. The summed E-state index contributed by atoms with van der Waals surface area (Å²) in [4.78, 5) is 38.1. The van der Waals surface area contributed by atoms with Crippen LogP contribution in [0.4, 0.5) is 16.2 Å². The maximum Gasteiger partial charge on any atom is 0.407 e. The van der Waals surface area contributed by atoms with Gasteiger partial charge >= 0.3 is 6.09 Å². The standard InChI is InChI=1S/C24H29N3O5/c1-24(2,3)32-23(30)25-15-16-7-9-17(10-8-16)22(29)26-18-11-12-19(20(14-18)31-4)27-13-5-6-21(27)28/h7-12,14H,5-6,13,15H2,1-4H3,(H,25,30)(H,26,29). The first-order chi connectivity index (χ1) is 15.2. The highest BCUT2D eigenvalue weighted by Crippen LogP contribution is 2.34. The molecular weight excluding hydrogens is 410 g/mol. The van der Waals surface area contributed by atoms with E-state index in [0.29, 0.717) is 42.2 Å². The molecule has 3 rings (SSSR count). The smallest absolute Gasteiger partial charge is 0.407 e. The topological polar surface area (TPSA) is 97.0 Å². The van der Waals surface area contributed by atoms with E-state index in [-0.39, 0.29) is 11.8 Å². The van der Waals surface area contributed by atoms with Crippen LogP contribution in [-0.2, 0) is 16.1 Å². The molecule has 170 valence electrons. The number of rotatable bonds is 6. The number of benzene rings is 2. The first-order valence-electron chi connectivity index (χ1n) is 10.5. The molecule has 3 amide bonds. The van der Waals surface area contributed by atoms with Gasteiger partial charge in [0.15, 0.2) is 0 Å². The average molecular weight is 440 g/mol. The molecule has 1 fully saturated rings. The zero-order valence-corrected chi connectivity index (χ0v) is 18.9. The van der Waals surface area contributed by atoms with Crippen molar-refractivity contribution in [3.63, 3.8) is 0 Å². The number of ether oxygens (including phenoxy) is 2. The second-order valence-corrected chi connectivity index (χ2v) is 8.54. The van der Waals surface area contributed by atoms with Gasteiger partial charge in [-0.05, 0) is 57.0 Å². The van der Waals surface area contributed by atoms with Gasteiger partial charge in [0, 0.05) is 36.8 Å². The molecule has 1 heterocycles. The van der Waals surface area contributed by atoms with Crippen molar-refractivity contribution in [3.05, 3.63) is 53.6 Å². The molecule has 0 saturated carbocycles. The number of nitrogens with zero attached hydrogens (tertiary/aromatic N) is 1. The van der Waals surface area contributed by atoms with Crippen molar-refractivity contribution in [1.29, 1.82) is 0 Å². The van der Waals surface area contributed by atoms with Crippen LogP contribution in [0, 0.1) is 0 Å². The lowest BCUT2D eigenvalue weighted by Crippen LogP contribution is -2.32. The Balaban J connectivity index is 1.61. The molecule has 0 bridgehead atoms. The Hall–Kier alpha value is -3.55. The van der Waals surface area contributed by atoms with Crippen molar-refractivity contribution in [3.8, 4) is 5.75 Å². The monoisotopic (exact) mass is 439 g/mol. The van der Waals surface area contributed by atoms with Gasteiger partial charge in [-0.1, -0.05) is 12.1 Å². The van der Waals surface area contributed by atoms with Crippen LogP contribution < -0.4 is 20.3 Å². The molecular formula is C24H29N3O5. The minimum atomic E-state index is -0.559. The normalized spacial score (nSPS) is 13.6. The van der Waals surface area contributed by atoms with E-state index in [0.717, 1.165) is 12.0 Å². The van der Waals surface area contributed by atoms with Gasteiger partial charge in [0.1, 0.15) is 11.4 Å². The Morgan fingerprint density at radius 3 is 2.41 bits per heavy atom. The number of hydrogen-bond donors (Lipinski definition) is 2. The maximum atomic E-state index is 12.6. The molecule has 1 saturated heterocycles. The summed E-state index contributed by atoms with van der Waals surface area (Å²) < 4.78 is 10.6. The Labute approximate surface area is 187 Å². The first-order valence-corrected chi connectivity index (χ1v) is 10.5. The molecule has 0 atom stereocenters. The molecule has 0 unspecified atom stereocenters. The fraction of sp³-hybridized carbons (Fsp3) is 0.375. The Morgan fingerprint density at radius 2 is 1.81 bits per heavy atom. The second kappa shape index (κ2) is 9.72. The highest BCUT2D eigenvalue weighted by molar-refractivity contribution is 6.05. The summed E-state index contributed by atoms with van der Waals surface area (Å²) in [6.07, 6.45) is 0.863. The third-order valence-electron chi connectivity index (χ3n) is 4.85.